The average Bonchev–Trinajstić information content (AvgIpc) is 1.64. The van der Waals surface area contributed by atoms with Crippen molar-refractivity contribution >= 4 is 74.8 Å². The van der Waals surface area contributed by atoms with Crippen molar-refractivity contribution in [1.82, 2.24) is 20.9 Å². The fraction of sp³-hybridized carbons (Fsp3) is 0.811. The van der Waals surface area contributed by atoms with Gasteiger partial charge in [-0.1, -0.05) is 41.5 Å². The number of halogens is 3. The third-order valence-corrected chi connectivity index (χ3v) is 44.7. The number of nitrogens with zero attached hydrogens (tertiary/aromatic N) is 1. The number of sulfone groups is 1. The molecule has 0 aromatic rings. The maximum atomic E-state index is 11.7. The molecule has 32 heteroatoms. The van der Waals surface area contributed by atoms with Crippen molar-refractivity contribution in [2.75, 3.05) is 26.6 Å². The molecule has 632 valence electrons. The monoisotopic (exact) mass is 3290 g/mol. The summed E-state index contributed by atoms with van der Waals surface area (Å²) in [7, 11) is -7.51. The summed E-state index contributed by atoms with van der Waals surface area (Å²) in [4.78, 5) is 23.2. The van der Waals surface area contributed by atoms with Crippen molar-refractivity contribution in [3.63, 3.8) is 0 Å². The predicted octanol–water partition coefficient (Wildman–Crippen LogP) is 13.5. The van der Waals surface area contributed by atoms with E-state index >= 15 is 0 Å². The predicted molar refractivity (Wildman–Crippen MR) is 421 cm³/mol. The van der Waals surface area contributed by atoms with Gasteiger partial charge in [-0.2, -0.15) is 0 Å². The van der Waals surface area contributed by atoms with Gasteiger partial charge in [0.2, 0.25) is 0 Å². The van der Waals surface area contributed by atoms with Gasteiger partial charge in [0.15, 0.2) is 5.44 Å². The normalized spacial score (nSPS) is 18.2. The zero-order valence-corrected chi connectivity index (χ0v) is 105. The minimum atomic E-state index is -4.07. The van der Waals surface area contributed by atoms with Crippen molar-refractivity contribution < 1.29 is 253 Å². The summed E-state index contributed by atoms with van der Waals surface area (Å²) in [6.45, 7) is 77.5. The number of ether oxygens (including phenoxy) is 2. The van der Waals surface area contributed by atoms with Gasteiger partial charge in [-0.15, -0.1) is 0 Å². The van der Waals surface area contributed by atoms with Crippen LogP contribution in [0.4, 0.5) is 13.2 Å². The second-order valence-electron chi connectivity index (χ2n) is 28.6. The third kappa shape index (κ3) is 89.6. The van der Waals surface area contributed by atoms with Crippen LogP contribution in [0.15, 0.2) is 12.7 Å². The zero-order chi connectivity index (χ0) is 88.1. The number of alkyl halides is 3. The third-order valence-electron chi connectivity index (χ3n) is 13.2. The van der Waals surface area contributed by atoms with Crippen molar-refractivity contribution in [1.29, 1.82) is 0 Å². The van der Waals surface area contributed by atoms with Gasteiger partial charge in [-0.05, 0) is 53.6 Å². The number of nitrogens with two attached hydrogens (primary N) is 1. The van der Waals surface area contributed by atoms with E-state index < -0.39 is 41.7 Å². The number of hydrogen-bond donors (Lipinski definition) is 5. The quantitative estimate of drug-likeness (QED) is 0.0223. The maximum absolute atomic E-state index is 11.7. The second kappa shape index (κ2) is 73.7. The molecule has 0 amide bonds. The Morgan fingerprint density at radius 3 is 1.02 bits per heavy atom. The van der Waals surface area contributed by atoms with E-state index in [-0.39, 0.29) is 43.6 Å². The fourth-order valence-corrected chi connectivity index (χ4v) is 11.0. The SMILES string of the molecule is C=C[C](=[W])C(C)C.CC.CC#C[C](=[W])C(C)C.CC(C)NP(C)(=O)[O-].CC(C)P(C)(=O)[O-].CC(C)S(C)(=O)=O.CC(C)[C](=[W])C(C)C.CC(C)[C](=[W])C(F)(F)F.CC(C)[C](=[W])C1C(C)N1C.CC(C)[C](=[W])C1OC1C.CC(C)[C](=[W])NN.CC(C)[C](=[W])NO.CC1OC1S(=O)C(C)C.C[C](=[W])[C](=[W])C(C)C. The Hall–Kier alpha value is 4.83. The van der Waals surface area contributed by atoms with E-state index in [2.05, 4.69) is 178 Å². The van der Waals surface area contributed by atoms with Gasteiger partial charge in [0.25, 0.3) is 0 Å². The van der Waals surface area contributed by atoms with E-state index in [1.807, 2.05) is 61.5 Å². The molecule has 6 N–H and O–H groups in total. The average molecular weight is 3290 g/mol. The number of likely N-dealkylation sites (N-methyl/N-ethyl adjacent to an activating group) is 1. The van der Waals surface area contributed by atoms with E-state index in [1.165, 1.54) is 89.5 Å². The molecule has 3 aliphatic rings. The fourth-order valence-electron chi connectivity index (χ4n) is 5.43. The van der Waals surface area contributed by atoms with E-state index in [0.717, 1.165) is 45.7 Å². The Balaban J connectivity index is -0.000000102. The molecule has 0 radical (unpaired) electrons. The van der Waals surface area contributed by atoms with Crippen LogP contribution in [0, 0.1) is 71.0 Å². The van der Waals surface area contributed by atoms with E-state index in [9.17, 15) is 44.7 Å². The van der Waals surface area contributed by atoms with Crippen LogP contribution in [0.2, 0.25) is 0 Å². The van der Waals surface area contributed by atoms with Crippen molar-refractivity contribution in [2.45, 2.75) is 307 Å². The van der Waals surface area contributed by atoms with Gasteiger partial charge >= 0.3 is 565 Å². The molecule has 0 aromatic carbocycles. The number of hydrogen-bond acceptors (Lipinski definition) is 14. The Morgan fingerprint density at radius 2 is 0.981 bits per heavy atom. The van der Waals surface area contributed by atoms with Crippen LogP contribution >= 0.6 is 14.9 Å². The number of epoxide rings is 2. The summed E-state index contributed by atoms with van der Waals surface area (Å²) >= 11 is 14.5. The Morgan fingerprint density at radius 1 is 0.642 bits per heavy atom. The van der Waals surface area contributed by atoms with Crippen LogP contribution in [0.1, 0.15) is 242 Å². The van der Waals surface area contributed by atoms with Crippen molar-refractivity contribution in [2.24, 2.45) is 65.0 Å². The van der Waals surface area contributed by atoms with Gasteiger partial charge in [0, 0.05) is 24.9 Å². The number of hydroxylamine groups is 1. The molecular formula is C74H146F3N5O10P2S2W10-2. The first-order valence-corrected chi connectivity index (χ1v) is 57.7. The number of rotatable bonds is 22. The molecule has 0 aliphatic carbocycles. The number of allylic oxidation sites excluding steroid dienone is 1. The summed E-state index contributed by atoms with van der Waals surface area (Å²) in [6.07, 6.45) is 0.370. The standard InChI is InChI=1S/C8H15N.C7H12O.C7H14.C7H10.C6H12O2S.2C6H10.C5H7F3.C4H10N2.C4H12NO2P.C4H9NO.C4H11O2P.C4H10O2S.C2H6.10W/c1-6(2)5-8-7(3)9(8)4;1-5(2)4-7-6(3)8-7;1-6(2)5-7(3)4;1-4-5-6-7(2)3;1-4(2)9(7)6-5(3)8-6;2*1-4-5-6(2)3;1-4(2)3-5(6,7)8;1-4(2)3-6-5;1-4(2)5-8(3,6)7;1-4(2)3-5-6;2*1-4(2)7(3,5)6;1-2;;;;;;;;;;/h6-8H,1-4H3;5-7H,1-3H3;6-7H,1-4H3;7H,1-3H3;4-6H,1-3H3;6H,1-3H3;4,6H,1H2,2-3H3;4H,1-2H3;4,6H,5H2,1-2H3;4H,1-3H3,(H2,5,6,7);4-6H,1-2H3;4H,1-3H3,(H,5,6);4H,1-3H3;1-2H3;;;;;;;;;;/p-2. The second-order valence-corrected chi connectivity index (χ2v) is 54.9. The molecule has 10 unspecified atom stereocenters. The summed E-state index contributed by atoms with van der Waals surface area (Å²) < 4.78 is 111. The Bertz CT molecular complexity index is 2770. The molecule has 0 aromatic heterocycles. The molecule has 10 atom stereocenters. The van der Waals surface area contributed by atoms with Crippen LogP contribution in [0.25, 0.3) is 0 Å². The molecule has 3 heterocycles. The van der Waals surface area contributed by atoms with Crippen LogP contribution in [0.3, 0.4) is 0 Å². The van der Waals surface area contributed by atoms with Gasteiger partial charge in [0.05, 0.1) is 29.7 Å². The topological polar surface area (TPSA) is 242 Å². The van der Waals surface area contributed by atoms with Crippen LogP contribution in [0.5, 0.6) is 0 Å². The first-order chi connectivity index (χ1) is 47.3. The molecule has 3 aliphatic heterocycles. The molecule has 3 rings (SSSR count). The van der Waals surface area contributed by atoms with E-state index in [1.54, 1.807) is 191 Å². The summed E-state index contributed by atoms with van der Waals surface area (Å²) in [5, 5.41) is 10.6. The molecule has 15 nitrogen and oxygen atoms in total. The zero-order valence-electron chi connectivity index (χ0n) is 71.9. The van der Waals surface area contributed by atoms with Gasteiger partial charge < -0.3 is 23.7 Å². The van der Waals surface area contributed by atoms with Crippen molar-refractivity contribution in [3.05, 3.63) is 12.7 Å². The van der Waals surface area contributed by atoms with Gasteiger partial charge in [0.1, 0.15) is 9.84 Å². The van der Waals surface area contributed by atoms with Crippen LogP contribution < -0.4 is 31.6 Å². The Kier molecular flexibility index (Phi) is 93.3. The molecule has 0 saturated carbocycles. The summed E-state index contributed by atoms with van der Waals surface area (Å²) in [6, 6.07) is 1.65. The molecule has 106 heavy (non-hydrogen) atoms. The summed E-state index contributed by atoms with van der Waals surface area (Å²) in [5.74, 6) is 16.9. The number of hydrazine groups is 1. The molecule has 3 saturated heterocycles. The van der Waals surface area contributed by atoms with E-state index in [0.29, 0.717) is 55.2 Å². The molecule has 0 bridgehead atoms. The number of nitrogens with one attached hydrogen (secondary N) is 3. The first kappa shape index (κ1) is 134. The molecule has 3 fully saturated rings. The van der Waals surface area contributed by atoms with Crippen LogP contribution in [-0.2, 0) is 233 Å². The van der Waals surface area contributed by atoms with Gasteiger partial charge in [-0.25, -0.2) is 8.42 Å². The van der Waals surface area contributed by atoms with E-state index in [4.69, 9.17) is 20.5 Å². The first-order valence-electron chi connectivity index (χ1n) is 35.6. The molecule has 0 spiro atoms. The minimum absolute atomic E-state index is 0.0170. The summed E-state index contributed by atoms with van der Waals surface area (Å²) in [5.41, 5.74) is 4.57. The van der Waals surface area contributed by atoms with Crippen LogP contribution in [-0.4, -0.2) is 153 Å². The Labute approximate surface area is 761 Å². The van der Waals surface area contributed by atoms with Gasteiger partial charge in [-0.3, -0.25) is 9.30 Å². The van der Waals surface area contributed by atoms with Crippen molar-refractivity contribution in [3.8, 4) is 11.8 Å². The molecular weight excluding hydrogens is 3140 g/mol.